The third-order valence-corrected chi connectivity index (χ3v) is 5.68. The number of halogens is 2. The van der Waals surface area contributed by atoms with Crippen molar-refractivity contribution in [3.63, 3.8) is 0 Å². The largest absolute Gasteiger partial charge is 0.396 e. The first-order valence-electron chi connectivity index (χ1n) is 8.61. The summed E-state index contributed by atoms with van der Waals surface area (Å²) in [6.07, 6.45) is 3.44. The summed E-state index contributed by atoms with van der Waals surface area (Å²) < 4.78 is 26.4. The van der Waals surface area contributed by atoms with Crippen LogP contribution in [-0.2, 0) is 0 Å². The van der Waals surface area contributed by atoms with E-state index in [4.69, 9.17) is 0 Å². The molecule has 1 spiro atoms. The van der Waals surface area contributed by atoms with E-state index in [9.17, 15) is 18.7 Å². The molecule has 2 aliphatic heterocycles. The Morgan fingerprint density at radius 3 is 2.58 bits per heavy atom. The van der Waals surface area contributed by atoms with Crippen LogP contribution in [0.5, 0.6) is 0 Å². The van der Waals surface area contributed by atoms with Gasteiger partial charge in [0.1, 0.15) is 0 Å². The Hall–Kier alpha value is -1.53. The Kier molecular flexibility index (Phi) is 3.84. The predicted octanol–water partition coefficient (Wildman–Crippen LogP) is 1.88. The Labute approximate surface area is 140 Å². The van der Waals surface area contributed by atoms with Gasteiger partial charge in [0.15, 0.2) is 11.6 Å². The lowest BCUT2D eigenvalue weighted by atomic mass is 9.84. The molecule has 6 heteroatoms. The summed E-state index contributed by atoms with van der Waals surface area (Å²) >= 11 is 0. The van der Waals surface area contributed by atoms with Crippen LogP contribution in [0, 0.1) is 23.5 Å². The summed E-state index contributed by atoms with van der Waals surface area (Å²) in [7, 11) is 0. The highest BCUT2D eigenvalue weighted by atomic mass is 19.2. The number of amides is 1. The second-order valence-electron chi connectivity index (χ2n) is 7.62. The van der Waals surface area contributed by atoms with Gasteiger partial charge in [0.05, 0.1) is 5.54 Å². The molecular weight excluding hydrogens is 314 g/mol. The number of hydrogen-bond acceptors (Lipinski definition) is 3. The minimum absolute atomic E-state index is 0.0375. The summed E-state index contributed by atoms with van der Waals surface area (Å²) in [5.41, 5.74) is 0.152. The van der Waals surface area contributed by atoms with Crippen molar-refractivity contribution in [2.45, 2.75) is 24.8 Å². The smallest absolute Gasteiger partial charge is 0.254 e. The number of rotatable bonds is 4. The maximum absolute atomic E-state index is 13.3. The molecule has 1 atom stereocenters. The van der Waals surface area contributed by atoms with Crippen molar-refractivity contribution in [2.75, 3.05) is 32.8 Å². The van der Waals surface area contributed by atoms with E-state index in [1.54, 1.807) is 4.90 Å². The highest BCUT2D eigenvalue weighted by molar-refractivity contribution is 5.95. The molecule has 0 aromatic heterocycles. The van der Waals surface area contributed by atoms with Gasteiger partial charge < -0.3 is 10.0 Å². The highest BCUT2D eigenvalue weighted by Gasteiger charge is 2.55. The van der Waals surface area contributed by atoms with Crippen molar-refractivity contribution in [2.24, 2.45) is 11.8 Å². The fraction of sp³-hybridized carbons (Fsp3) is 0.611. The predicted molar refractivity (Wildman–Crippen MR) is 84.5 cm³/mol. The monoisotopic (exact) mass is 336 g/mol. The molecule has 1 unspecified atom stereocenters. The second kappa shape index (κ2) is 5.77. The maximum atomic E-state index is 13.3. The zero-order valence-electron chi connectivity index (χ0n) is 13.5. The van der Waals surface area contributed by atoms with E-state index in [1.807, 2.05) is 0 Å². The van der Waals surface area contributed by atoms with Crippen molar-refractivity contribution in [1.29, 1.82) is 0 Å². The number of aliphatic hydroxyl groups is 1. The van der Waals surface area contributed by atoms with E-state index in [0.717, 1.165) is 37.6 Å². The fourth-order valence-electron chi connectivity index (χ4n) is 4.19. The number of hydrogen-bond donors (Lipinski definition) is 1. The Morgan fingerprint density at radius 1 is 1.21 bits per heavy atom. The first-order chi connectivity index (χ1) is 11.5. The number of aliphatic hydroxyl groups excluding tert-OH is 1. The van der Waals surface area contributed by atoms with Gasteiger partial charge in [-0.1, -0.05) is 0 Å². The van der Waals surface area contributed by atoms with Crippen LogP contribution < -0.4 is 0 Å². The van der Waals surface area contributed by atoms with Gasteiger partial charge in [-0.15, -0.1) is 0 Å². The fourth-order valence-corrected chi connectivity index (χ4v) is 4.19. The van der Waals surface area contributed by atoms with E-state index < -0.39 is 11.6 Å². The molecule has 1 aromatic carbocycles. The number of nitrogens with zero attached hydrogens (tertiary/aromatic N) is 2. The van der Waals surface area contributed by atoms with Crippen molar-refractivity contribution < 1.29 is 18.7 Å². The van der Waals surface area contributed by atoms with Gasteiger partial charge in [0.25, 0.3) is 5.91 Å². The third-order valence-electron chi connectivity index (χ3n) is 5.68. The van der Waals surface area contributed by atoms with Gasteiger partial charge in [0, 0.05) is 38.3 Å². The number of carbonyl (C=O) groups is 1. The minimum atomic E-state index is -0.993. The third kappa shape index (κ3) is 2.71. The molecule has 3 fully saturated rings. The lowest BCUT2D eigenvalue weighted by Gasteiger charge is -2.53. The van der Waals surface area contributed by atoms with E-state index in [-0.39, 0.29) is 29.5 Å². The average molecular weight is 336 g/mol. The molecule has 2 heterocycles. The number of likely N-dealkylation sites (tertiary alicyclic amines) is 2. The maximum Gasteiger partial charge on any atom is 0.254 e. The van der Waals surface area contributed by atoms with Crippen LogP contribution in [0.25, 0.3) is 0 Å². The van der Waals surface area contributed by atoms with Gasteiger partial charge in [-0.2, -0.15) is 0 Å². The van der Waals surface area contributed by atoms with E-state index >= 15 is 0 Å². The normalized spacial score (nSPS) is 26.0. The molecule has 3 aliphatic rings. The molecule has 1 aromatic rings. The van der Waals surface area contributed by atoms with E-state index in [2.05, 4.69) is 4.90 Å². The molecule has 0 bridgehead atoms. The molecular formula is C18H22F2N2O2. The van der Waals surface area contributed by atoms with Crippen molar-refractivity contribution in [1.82, 2.24) is 9.80 Å². The van der Waals surface area contributed by atoms with Crippen LogP contribution in [0.2, 0.25) is 0 Å². The second-order valence-corrected chi connectivity index (χ2v) is 7.62. The lowest BCUT2D eigenvalue weighted by molar-refractivity contribution is -0.0200. The van der Waals surface area contributed by atoms with Gasteiger partial charge in [-0.25, -0.2) is 8.78 Å². The molecule has 1 aliphatic carbocycles. The van der Waals surface area contributed by atoms with Crippen molar-refractivity contribution >= 4 is 5.91 Å². The van der Waals surface area contributed by atoms with Crippen LogP contribution in [0.3, 0.4) is 0 Å². The van der Waals surface area contributed by atoms with Crippen LogP contribution in [0.4, 0.5) is 8.78 Å². The summed E-state index contributed by atoms with van der Waals surface area (Å²) in [5.74, 6) is -1.16. The van der Waals surface area contributed by atoms with Crippen LogP contribution in [0.15, 0.2) is 18.2 Å². The molecule has 1 saturated carbocycles. The average Bonchev–Trinajstić information content (AvgIpc) is 3.26. The summed E-state index contributed by atoms with van der Waals surface area (Å²) in [4.78, 5) is 16.6. The van der Waals surface area contributed by atoms with Crippen LogP contribution in [0.1, 0.15) is 29.6 Å². The molecule has 4 rings (SSSR count). The van der Waals surface area contributed by atoms with E-state index in [1.165, 1.54) is 18.9 Å². The van der Waals surface area contributed by atoms with E-state index in [0.29, 0.717) is 13.1 Å². The zero-order chi connectivity index (χ0) is 16.9. The standard InChI is InChI=1S/C18H22F2N2O2/c19-15-4-3-14(5-16(15)20)17(24)21-10-18(11-21)6-13(9-23)8-22(18)7-12-1-2-12/h3-5,12-13,23H,1-2,6-11H2. The lowest BCUT2D eigenvalue weighted by Crippen LogP contribution is -2.69. The SMILES string of the molecule is O=C(c1ccc(F)c(F)c1)N1CC2(CC(CO)CN2CC2CC2)C1. The Morgan fingerprint density at radius 2 is 1.96 bits per heavy atom. The molecule has 4 nitrogen and oxygen atoms in total. The molecule has 24 heavy (non-hydrogen) atoms. The topological polar surface area (TPSA) is 43.8 Å². The minimum Gasteiger partial charge on any atom is -0.396 e. The van der Waals surface area contributed by atoms with Gasteiger partial charge in [-0.3, -0.25) is 9.69 Å². The van der Waals surface area contributed by atoms with Gasteiger partial charge in [-0.05, 0) is 49.3 Å². The Bertz CT molecular complexity index is 656. The van der Waals surface area contributed by atoms with Crippen molar-refractivity contribution in [3.05, 3.63) is 35.4 Å². The Balaban J connectivity index is 1.45. The zero-order valence-corrected chi connectivity index (χ0v) is 13.5. The van der Waals surface area contributed by atoms with Crippen molar-refractivity contribution in [3.8, 4) is 0 Å². The first-order valence-corrected chi connectivity index (χ1v) is 8.61. The molecule has 0 radical (unpaired) electrons. The highest BCUT2D eigenvalue weighted by Crippen LogP contribution is 2.43. The molecule has 2 saturated heterocycles. The summed E-state index contributed by atoms with van der Waals surface area (Å²) in [6.45, 7) is 3.33. The van der Waals surface area contributed by atoms with Gasteiger partial charge in [0.2, 0.25) is 0 Å². The first kappa shape index (κ1) is 16.0. The summed E-state index contributed by atoms with van der Waals surface area (Å²) in [6, 6.07) is 3.30. The molecule has 1 N–H and O–H groups in total. The number of carbonyl (C=O) groups excluding carboxylic acids is 1. The van der Waals surface area contributed by atoms with Gasteiger partial charge >= 0.3 is 0 Å². The molecule has 130 valence electrons. The molecule has 1 amide bonds. The summed E-state index contributed by atoms with van der Waals surface area (Å²) in [5, 5.41) is 9.51. The number of benzene rings is 1. The van der Waals surface area contributed by atoms with Crippen LogP contribution in [-0.4, -0.2) is 59.1 Å². The van der Waals surface area contributed by atoms with Crippen LogP contribution >= 0.6 is 0 Å². The quantitative estimate of drug-likeness (QED) is 0.913.